The summed E-state index contributed by atoms with van der Waals surface area (Å²) in [5.74, 6) is 0. The average molecular weight is 246 g/mol. The molecule has 2 heterocycles. The Morgan fingerprint density at radius 2 is 1.84 bits per heavy atom. The summed E-state index contributed by atoms with van der Waals surface area (Å²) < 4.78 is 0. The molecule has 0 fully saturated rings. The number of hydrogen-bond donors (Lipinski definition) is 1. The van der Waals surface area contributed by atoms with Gasteiger partial charge in [-0.2, -0.15) is 5.26 Å². The third-order valence-electron chi connectivity index (χ3n) is 4.46. The summed E-state index contributed by atoms with van der Waals surface area (Å²) in [7, 11) is 0. The Kier molecular flexibility index (Phi) is 2.09. The Labute approximate surface area is 112 Å². The van der Waals surface area contributed by atoms with Crippen LogP contribution in [0, 0.1) is 11.3 Å². The molecule has 0 aliphatic carbocycles. The average Bonchev–Trinajstić information content (AvgIpc) is 2.71. The van der Waals surface area contributed by atoms with Gasteiger partial charge in [0.05, 0.1) is 18.0 Å². The molecule has 0 radical (unpaired) electrons. The van der Waals surface area contributed by atoms with Gasteiger partial charge in [0, 0.05) is 6.04 Å². The summed E-state index contributed by atoms with van der Waals surface area (Å²) in [6.45, 7) is 0. The second-order valence-corrected chi connectivity index (χ2v) is 5.39. The van der Waals surface area contributed by atoms with E-state index in [1.54, 1.807) is 0 Å². The van der Waals surface area contributed by atoms with Crippen LogP contribution in [0.5, 0.6) is 0 Å². The number of nitrogens with one attached hydrogen (secondary N) is 1. The van der Waals surface area contributed by atoms with Crippen molar-refractivity contribution in [3.05, 3.63) is 70.8 Å². The molecule has 0 saturated heterocycles. The van der Waals surface area contributed by atoms with Gasteiger partial charge >= 0.3 is 0 Å². The Morgan fingerprint density at radius 3 is 2.68 bits per heavy atom. The molecule has 92 valence electrons. The van der Waals surface area contributed by atoms with E-state index in [1.807, 2.05) is 0 Å². The fourth-order valence-corrected chi connectivity index (χ4v) is 3.72. The highest BCUT2D eigenvalue weighted by Crippen LogP contribution is 2.49. The van der Waals surface area contributed by atoms with E-state index in [4.69, 9.17) is 0 Å². The predicted molar refractivity (Wildman–Crippen MR) is 73.5 cm³/mol. The molecule has 2 nitrogen and oxygen atoms in total. The quantitative estimate of drug-likeness (QED) is 0.839. The first kappa shape index (κ1) is 10.8. The van der Waals surface area contributed by atoms with Crippen molar-refractivity contribution in [2.75, 3.05) is 0 Å². The van der Waals surface area contributed by atoms with Crippen molar-refractivity contribution < 1.29 is 0 Å². The monoisotopic (exact) mass is 246 g/mol. The first-order chi connectivity index (χ1) is 9.35. The second-order valence-electron chi connectivity index (χ2n) is 5.39. The van der Waals surface area contributed by atoms with Crippen molar-refractivity contribution in [2.45, 2.75) is 24.4 Å². The van der Waals surface area contributed by atoms with Crippen molar-refractivity contribution in [3.8, 4) is 6.07 Å². The third kappa shape index (κ3) is 1.28. The molecule has 2 bridgehead atoms. The molecule has 2 aliphatic heterocycles. The van der Waals surface area contributed by atoms with Gasteiger partial charge < -0.3 is 0 Å². The van der Waals surface area contributed by atoms with Crippen LogP contribution >= 0.6 is 0 Å². The summed E-state index contributed by atoms with van der Waals surface area (Å²) in [5, 5.41) is 13.0. The highest BCUT2D eigenvalue weighted by atomic mass is 15.1. The van der Waals surface area contributed by atoms with Crippen LogP contribution in [0.4, 0.5) is 0 Å². The van der Waals surface area contributed by atoms with E-state index in [0.717, 1.165) is 6.42 Å². The van der Waals surface area contributed by atoms with Crippen LogP contribution in [0.25, 0.3) is 0 Å². The molecule has 2 atom stereocenters. The Bertz CT molecular complexity index is 685. The van der Waals surface area contributed by atoms with Gasteiger partial charge in [-0.15, -0.1) is 0 Å². The normalized spacial score (nSPS) is 26.4. The fourth-order valence-electron chi connectivity index (χ4n) is 3.72. The van der Waals surface area contributed by atoms with Crippen molar-refractivity contribution in [1.29, 1.82) is 5.26 Å². The van der Waals surface area contributed by atoms with Crippen LogP contribution < -0.4 is 5.32 Å². The van der Waals surface area contributed by atoms with Gasteiger partial charge in [0.1, 0.15) is 0 Å². The molecule has 19 heavy (non-hydrogen) atoms. The molecule has 0 unspecified atom stereocenters. The first-order valence-electron chi connectivity index (χ1n) is 6.67. The van der Waals surface area contributed by atoms with Crippen LogP contribution in [-0.2, 0) is 12.0 Å². The molecular formula is C17H14N2. The number of hydrogen-bond acceptors (Lipinski definition) is 2. The Hall–Kier alpha value is -2.11. The third-order valence-corrected chi connectivity index (χ3v) is 4.46. The highest BCUT2D eigenvalue weighted by Gasteiger charge is 2.48. The molecule has 0 saturated carbocycles. The maximum Gasteiger partial charge on any atom is 0.0833 e. The van der Waals surface area contributed by atoms with E-state index in [2.05, 4.69) is 59.9 Å². The first-order valence-corrected chi connectivity index (χ1v) is 6.67. The maximum absolute atomic E-state index is 9.29. The largest absolute Gasteiger partial charge is 0.296 e. The van der Waals surface area contributed by atoms with Crippen molar-refractivity contribution in [1.82, 2.24) is 5.32 Å². The lowest BCUT2D eigenvalue weighted by molar-refractivity contribution is 0.365. The molecule has 2 aromatic carbocycles. The topological polar surface area (TPSA) is 35.8 Å². The van der Waals surface area contributed by atoms with Gasteiger partial charge in [-0.3, -0.25) is 5.32 Å². The molecule has 2 aliphatic rings. The zero-order valence-corrected chi connectivity index (χ0v) is 10.6. The lowest BCUT2D eigenvalue weighted by Gasteiger charge is -2.36. The predicted octanol–water partition coefficient (Wildman–Crippen LogP) is 3.04. The summed E-state index contributed by atoms with van der Waals surface area (Å²) >= 11 is 0. The Morgan fingerprint density at radius 1 is 1.11 bits per heavy atom. The van der Waals surface area contributed by atoms with Crippen LogP contribution in [0.1, 0.15) is 34.7 Å². The summed E-state index contributed by atoms with van der Waals surface area (Å²) in [6, 6.07) is 19.8. The highest BCUT2D eigenvalue weighted by molar-refractivity contribution is 5.55. The van der Waals surface area contributed by atoms with Crippen molar-refractivity contribution in [2.24, 2.45) is 0 Å². The van der Waals surface area contributed by atoms with E-state index in [1.165, 1.54) is 22.3 Å². The zero-order valence-electron chi connectivity index (χ0n) is 10.6. The van der Waals surface area contributed by atoms with Crippen LogP contribution in [-0.4, -0.2) is 0 Å². The van der Waals surface area contributed by atoms with Gasteiger partial charge in [0.25, 0.3) is 0 Å². The number of benzene rings is 2. The molecule has 0 amide bonds. The molecule has 2 aromatic rings. The maximum atomic E-state index is 9.29. The standard InChI is InChI=1S/C17H14N2/c18-10-9-17-14-7-3-1-5-12(14)11-16(19-17)13-6-2-4-8-15(13)17/h1-8,16,19H,9,11H2/t16-,17+/m0/s1. The minimum absolute atomic E-state index is 0.301. The van der Waals surface area contributed by atoms with Gasteiger partial charge in [-0.1, -0.05) is 48.5 Å². The number of nitriles is 1. The molecule has 0 aromatic heterocycles. The van der Waals surface area contributed by atoms with Gasteiger partial charge in [-0.25, -0.2) is 0 Å². The number of nitrogens with zero attached hydrogens (tertiary/aromatic N) is 1. The van der Waals surface area contributed by atoms with Gasteiger partial charge in [0.15, 0.2) is 0 Å². The van der Waals surface area contributed by atoms with Crippen LogP contribution in [0.2, 0.25) is 0 Å². The smallest absolute Gasteiger partial charge is 0.0833 e. The van der Waals surface area contributed by atoms with E-state index >= 15 is 0 Å². The van der Waals surface area contributed by atoms with E-state index in [-0.39, 0.29) is 5.54 Å². The lowest BCUT2D eigenvalue weighted by atomic mass is 9.79. The molecule has 0 spiro atoms. The fraction of sp³-hybridized carbons (Fsp3) is 0.235. The summed E-state index contributed by atoms with van der Waals surface area (Å²) in [6.07, 6.45) is 1.50. The van der Waals surface area contributed by atoms with Crippen LogP contribution in [0.15, 0.2) is 48.5 Å². The van der Waals surface area contributed by atoms with Gasteiger partial charge in [0.2, 0.25) is 0 Å². The molecule has 1 N–H and O–H groups in total. The summed E-state index contributed by atoms with van der Waals surface area (Å²) in [5.41, 5.74) is 4.99. The van der Waals surface area contributed by atoms with Crippen LogP contribution in [0.3, 0.4) is 0 Å². The van der Waals surface area contributed by atoms with E-state index in [0.29, 0.717) is 12.5 Å². The number of fused-ring (bicyclic) bond motifs is 7. The lowest BCUT2D eigenvalue weighted by Crippen LogP contribution is -2.43. The molecule has 2 heteroatoms. The van der Waals surface area contributed by atoms with Crippen molar-refractivity contribution >= 4 is 0 Å². The van der Waals surface area contributed by atoms with Crippen molar-refractivity contribution in [3.63, 3.8) is 0 Å². The van der Waals surface area contributed by atoms with E-state index in [9.17, 15) is 5.26 Å². The van der Waals surface area contributed by atoms with E-state index < -0.39 is 0 Å². The summed E-state index contributed by atoms with van der Waals surface area (Å²) in [4.78, 5) is 0. The Balaban J connectivity index is 2.04. The minimum Gasteiger partial charge on any atom is -0.296 e. The minimum atomic E-state index is -0.301. The number of rotatable bonds is 1. The SMILES string of the molecule is N#CC[C@@]12N[C@@H](Cc3ccccc31)c1ccccc12. The molecule has 4 rings (SSSR count). The zero-order chi connectivity index (χ0) is 12.9. The van der Waals surface area contributed by atoms with Gasteiger partial charge in [-0.05, 0) is 28.7 Å². The molecular weight excluding hydrogens is 232 g/mol. The second kappa shape index (κ2) is 3.69.